The van der Waals surface area contributed by atoms with Crippen molar-refractivity contribution in [1.29, 1.82) is 0 Å². The molecule has 1 heteroatoms. The molecule has 0 spiro atoms. The van der Waals surface area contributed by atoms with Gasteiger partial charge in [-0.25, -0.2) is 0 Å². The topological polar surface area (TPSA) is 17.1 Å². The predicted octanol–water partition coefficient (Wildman–Crippen LogP) is 0.759. The summed E-state index contributed by atoms with van der Waals surface area (Å²) in [6.07, 6.45) is 12.4. The molecule has 0 unspecified atom stereocenters. The average molecular weight is 119 g/mol. The summed E-state index contributed by atoms with van der Waals surface area (Å²) in [5.74, 6) is 4.43. The second-order valence-electron chi connectivity index (χ2n) is 1.63. The van der Waals surface area contributed by atoms with Crippen molar-refractivity contribution in [2.45, 2.75) is 12.8 Å². The molecule has 1 radical (unpaired) electrons. The molecule has 0 bridgehead atoms. The van der Waals surface area contributed by atoms with Crippen LogP contribution in [0.3, 0.4) is 0 Å². The van der Waals surface area contributed by atoms with Crippen LogP contribution in [0, 0.1) is 30.6 Å². The third-order valence-electron chi connectivity index (χ3n) is 0.895. The molecule has 0 fully saturated rings. The van der Waals surface area contributed by atoms with Gasteiger partial charge in [-0.2, -0.15) is 0 Å². The summed E-state index contributed by atoms with van der Waals surface area (Å²) in [6.45, 7) is 0. The molecule has 0 aromatic rings. The molecule has 0 rings (SSSR count). The normalized spacial score (nSPS) is 7.89. The molecule has 0 atom stereocenters. The van der Waals surface area contributed by atoms with Crippen LogP contribution in [-0.2, 0) is 4.79 Å². The Bertz CT molecular complexity index is 140. The highest BCUT2D eigenvalue weighted by molar-refractivity contribution is 5.55. The van der Waals surface area contributed by atoms with E-state index in [1.807, 2.05) is 0 Å². The van der Waals surface area contributed by atoms with Gasteiger partial charge in [0.2, 0.25) is 6.29 Å². The van der Waals surface area contributed by atoms with Crippen LogP contribution in [-0.4, -0.2) is 6.29 Å². The van der Waals surface area contributed by atoms with E-state index in [0.29, 0.717) is 12.8 Å². The number of terminal acetylenes is 2. The predicted molar refractivity (Wildman–Crippen MR) is 36.1 cm³/mol. The van der Waals surface area contributed by atoms with E-state index in [1.165, 1.54) is 0 Å². The Morgan fingerprint density at radius 3 is 1.89 bits per heavy atom. The highest BCUT2D eigenvalue weighted by Crippen LogP contribution is 2.01. The van der Waals surface area contributed by atoms with Gasteiger partial charge < -0.3 is 0 Å². The maximum absolute atomic E-state index is 9.97. The molecule has 0 aliphatic heterocycles. The van der Waals surface area contributed by atoms with Gasteiger partial charge in [-0.05, 0) is 0 Å². The highest BCUT2D eigenvalue weighted by Gasteiger charge is 2.02. The van der Waals surface area contributed by atoms with Crippen LogP contribution < -0.4 is 0 Å². The molecule has 0 aromatic heterocycles. The molecule has 45 valence electrons. The minimum atomic E-state index is -0.264. The van der Waals surface area contributed by atoms with Crippen molar-refractivity contribution < 1.29 is 4.79 Å². The molecule has 0 aliphatic rings. The summed E-state index contributed by atoms with van der Waals surface area (Å²) in [6, 6.07) is 0. The van der Waals surface area contributed by atoms with Crippen LogP contribution in [0.15, 0.2) is 0 Å². The molecule has 9 heavy (non-hydrogen) atoms. The lowest BCUT2D eigenvalue weighted by Crippen LogP contribution is -1.97. The van der Waals surface area contributed by atoms with E-state index in [4.69, 9.17) is 12.8 Å². The molecule has 0 heterocycles. The standard InChI is InChI=1S/C8H7O/c1-3-5-8(7-9)6-4-2/h1-2,8H,5-6H2. The van der Waals surface area contributed by atoms with Crippen LogP contribution in [0.1, 0.15) is 12.8 Å². The number of carbonyl (C=O) groups excluding carboxylic acids is 1. The van der Waals surface area contributed by atoms with Crippen molar-refractivity contribution in [3.05, 3.63) is 0 Å². The monoisotopic (exact) mass is 119 g/mol. The summed E-state index contributed by atoms with van der Waals surface area (Å²) < 4.78 is 0. The van der Waals surface area contributed by atoms with Crippen molar-refractivity contribution >= 4 is 6.29 Å². The van der Waals surface area contributed by atoms with Crippen molar-refractivity contribution in [2.75, 3.05) is 0 Å². The largest absolute Gasteiger partial charge is 0.290 e. The van der Waals surface area contributed by atoms with Gasteiger partial charge in [0.15, 0.2) is 0 Å². The van der Waals surface area contributed by atoms with Gasteiger partial charge in [-0.1, -0.05) is 0 Å². The molecule has 0 saturated carbocycles. The minimum Gasteiger partial charge on any atom is -0.290 e. The fraction of sp³-hybridized carbons (Fsp3) is 0.375. The lowest BCUT2D eigenvalue weighted by molar-refractivity contribution is 0.524. The molecular weight excluding hydrogens is 112 g/mol. The van der Waals surface area contributed by atoms with E-state index in [-0.39, 0.29) is 5.92 Å². The van der Waals surface area contributed by atoms with E-state index in [1.54, 1.807) is 6.29 Å². The lowest BCUT2D eigenvalue weighted by atomic mass is 10.1. The van der Waals surface area contributed by atoms with Gasteiger partial charge in [0.05, 0.1) is 0 Å². The van der Waals surface area contributed by atoms with E-state index in [9.17, 15) is 4.79 Å². The van der Waals surface area contributed by atoms with Crippen LogP contribution in [0.25, 0.3) is 0 Å². The SMILES string of the molecule is C#CCC([C]=O)CC#C. The quantitative estimate of drug-likeness (QED) is 0.501. The molecular formula is C8H7O. The van der Waals surface area contributed by atoms with E-state index in [0.717, 1.165) is 0 Å². The summed E-state index contributed by atoms with van der Waals surface area (Å²) >= 11 is 0. The Morgan fingerprint density at radius 2 is 1.67 bits per heavy atom. The smallest absolute Gasteiger partial charge is 0.203 e. The van der Waals surface area contributed by atoms with Crippen molar-refractivity contribution in [1.82, 2.24) is 0 Å². The van der Waals surface area contributed by atoms with Gasteiger partial charge in [-0.3, -0.25) is 4.79 Å². The Kier molecular flexibility index (Phi) is 4.27. The highest BCUT2D eigenvalue weighted by atomic mass is 16.1. The van der Waals surface area contributed by atoms with Crippen LogP contribution in [0.2, 0.25) is 0 Å². The molecule has 0 N–H and O–H groups in total. The Labute approximate surface area is 55.5 Å². The fourth-order valence-corrected chi connectivity index (χ4v) is 0.440. The molecule has 0 aliphatic carbocycles. The van der Waals surface area contributed by atoms with Crippen LogP contribution in [0.5, 0.6) is 0 Å². The molecule has 1 nitrogen and oxygen atoms in total. The van der Waals surface area contributed by atoms with E-state index in [2.05, 4.69) is 11.8 Å². The first kappa shape index (κ1) is 7.79. The third-order valence-corrected chi connectivity index (χ3v) is 0.895. The maximum Gasteiger partial charge on any atom is 0.203 e. The van der Waals surface area contributed by atoms with Crippen LogP contribution >= 0.6 is 0 Å². The van der Waals surface area contributed by atoms with Gasteiger partial charge in [0, 0.05) is 18.8 Å². The van der Waals surface area contributed by atoms with E-state index >= 15 is 0 Å². The first-order valence-corrected chi connectivity index (χ1v) is 2.59. The first-order valence-electron chi connectivity index (χ1n) is 2.59. The maximum atomic E-state index is 9.97. The summed E-state index contributed by atoms with van der Waals surface area (Å²) in [7, 11) is 0. The van der Waals surface area contributed by atoms with Gasteiger partial charge in [0.1, 0.15) is 0 Å². The Morgan fingerprint density at radius 1 is 1.22 bits per heavy atom. The number of hydrogen-bond donors (Lipinski definition) is 0. The summed E-state index contributed by atoms with van der Waals surface area (Å²) in [5.41, 5.74) is 0. The third kappa shape index (κ3) is 3.38. The average Bonchev–Trinajstić information content (AvgIpc) is 1.88. The second kappa shape index (κ2) is 4.94. The molecule has 0 amide bonds. The summed E-state index contributed by atoms with van der Waals surface area (Å²) in [5, 5.41) is 0. The van der Waals surface area contributed by atoms with Gasteiger partial charge in [-0.15, -0.1) is 24.7 Å². The molecule has 0 saturated heterocycles. The Balaban J connectivity index is 3.60. The zero-order valence-electron chi connectivity index (χ0n) is 5.05. The summed E-state index contributed by atoms with van der Waals surface area (Å²) in [4.78, 5) is 9.97. The molecule has 0 aromatic carbocycles. The van der Waals surface area contributed by atoms with Crippen LogP contribution in [0.4, 0.5) is 0 Å². The van der Waals surface area contributed by atoms with E-state index < -0.39 is 0 Å². The van der Waals surface area contributed by atoms with Gasteiger partial charge in [0.25, 0.3) is 0 Å². The minimum absolute atomic E-state index is 0.264. The first-order chi connectivity index (χ1) is 4.35. The number of hydrogen-bond acceptors (Lipinski definition) is 1. The van der Waals surface area contributed by atoms with Crippen molar-refractivity contribution in [3.63, 3.8) is 0 Å². The second-order valence-corrected chi connectivity index (χ2v) is 1.63. The van der Waals surface area contributed by atoms with Crippen molar-refractivity contribution in [2.24, 2.45) is 5.92 Å². The lowest BCUT2D eigenvalue weighted by Gasteiger charge is -1.95. The Hall–Kier alpha value is -1.21. The van der Waals surface area contributed by atoms with Gasteiger partial charge >= 0.3 is 0 Å². The zero-order chi connectivity index (χ0) is 7.11. The zero-order valence-corrected chi connectivity index (χ0v) is 5.05. The van der Waals surface area contributed by atoms with Crippen molar-refractivity contribution in [3.8, 4) is 24.7 Å². The fourth-order valence-electron chi connectivity index (χ4n) is 0.440. The number of rotatable bonds is 3.